The van der Waals surface area contributed by atoms with E-state index in [1.165, 1.54) is 16.4 Å². The molecule has 1 aliphatic rings. The Labute approximate surface area is 160 Å². The summed E-state index contributed by atoms with van der Waals surface area (Å²) in [5.74, 6) is 0.546. The van der Waals surface area contributed by atoms with Gasteiger partial charge in [0.15, 0.2) is 0 Å². The van der Waals surface area contributed by atoms with Crippen LogP contribution in [0.15, 0.2) is 53.4 Å². The van der Waals surface area contributed by atoms with E-state index in [2.05, 4.69) is 5.32 Å². The van der Waals surface area contributed by atoms with Gasteiger partial charge in [0.2, 0.25) is 10.0 Å². The monoisotopic (exact) mass is 388 g/mol. The van der Waals surface area contributed by atoms with Gasteiger partial charge in [-0.1, -0.05) is 18.2 Å². The number of ether oxygens (including phenoxy) is 1. The van der Waals surface area contributed by atoms with Crippen LogP contribution in [-0.2, 0) is 10.0 Å². The topological polar surface area (TPSA) is 75.7 Å². The van der Waals surface area contributed by atoms with Gasteiger partial charge in [-0.05, 0) is 44.2 Å². The zero-order valence-electron chi connectivity index (χ0n) is 15.7. The number of amides is 1. The average Bonchev–Trinajstić information content (AvgIpc) is 2.67. The number of benzene rings is 2. The predicted octanol–water partition coefficient (Wildman–Crippen LogP) is 2.97. The fourth-order valence-corrected chi connectivity index (χ4v) is 4.32. The van der Waals surface area contributed by atoms with Gasteiger partial charge >= 0.3 is 0 Å². The number of sulfonamides is 1. The summed E-state index contributed by atoms with van der Waals surface area (Å²) >= 11 is 0. The smallest absolute Gasteiger partial charge is 0.251 e. The van der Waals surface area contributed by atoms with Crippen molar-refractivity contribution in [1.82, 2.24) is 9.62 Å². The largest absolute Gasteiger partial charge is 0.493 e. The molecule has 7 heteroatoms. The SMILES string of the molecule is CC(C)N(C)S(=O)(=O)c1ccc(C(=O)NC2CCOc3ccccc32)cc1. The van der Waals surface area contributed by atoms with Gasteiger partial charge in [0.25, 0.3) is 5.91 Å². The van der Waals surface area contributed by atoms with Crippen LogP contribution >= 0.6 is 0 Å². The summed E-state index contributed by atoms with van der Waals surface area (Å²) in [5, 5.41) is 3.01. The highest BCUT2D eigenvalue weighted by Gasteiger charge is 2.25. The Morgan fingerprint density at radius 2 is 1.81 bits per heavy atom. The van der Waals surface area contributed by atoms with Gasteiger partial charge in [0, 0.05) is 30.6 Å². The molecule has 1 aliphatic heterocycles. The van der Waals surface area contributed by atoms with E-state index < -0.39 is 10.0 Å². The van der Waals surface area contributed by atoms with E-state index >= 15 is 0 Å². The molecule has 0 bridgehead atoms. The van der Waals surface area contributed by atoms with E-state index in [0.29, 0.717) is 18.6 Å². The molecule has 0 saturated heterocycles. The highest BCUT2D eigenvalue weighted by molar-refractivity contribution is 7.89. The Bertz CT molecular complexity index is 923. The lowest BCUT2D eigenvalue weighted by Crippen LogP contribution is -2.33. The molecule has 1 heterocycles. The van der Waals surface area contributed by atoms with Crippen LogP contribution in [0.4, 0.5) is 0 Å². The second-order valence-electron chi connectivity index (χ2n) is 6.84. The summed E-state index contributed by atoms with van der Waals surface area (Å²) in [4.78, 5) is 12.8. The van der Waals surface area contributed by atoms with Gasteiger partial charge in [0.1, 0.15) is 5.75 Å². The number of nitrogens with one attached hydrogen (secondary N) is 1. The van der Waals surface area contributed by atoms with Crippen molar-refractivity contribution >= 4 is 15.9 Å². The number of fused-ring (bicyclic) bond motifs is 1. The fraction of sp³-hybridized carbons (Fsp3) is 0.350. The molecule has 0 aliphatic carbocycles. The number of carbonyl (C=O) groups excluding carboxylic acids is 1. The minimum absolute atomic E-state index is 0.127. The minimum Gasteiger partial charge on any atom is -0.493 e. The molecule has 1 unspecified atom stereocenters. The van der Waals surface area contributed by atoms with Gasteiger partial charge in [-0.25, -0.2) is 8.42 Å². The van der Waals surface area contributed by atoms with E-state index in [1.54, 1.807) is 19.2 Å². The zero-order valence-corrected chi connectivity index (χ0v) is 16.5. The first-order valence-electron chi connectivity index (χ1n) is 8.91. The highest BCUT2D eigenvalue weighted by Crippen LogP contribution is 2.31. The van der Waals surface area contributed by atoms with Crippen LogP contribution in [0.3, 0.4) is 0 Å². The second-order valence-corrected chi connectivity index (χ2v) is 8.84. The van der Waals surface area contributed by atoms with Crippen LogP contribution in [0.5, 0.6) is 5.75 Å². The van der Waals surface area contributed by atoms with Crippen molar-refractivity contribution in [3.05, 3.63) is 59.7 Å². The van der Waals surface area contributed by atoms with E-state index in [9.17, 15) is 13.2 Å². The van der Waals surface area contributed by atoms with Crippen molar-refractivity contribution < 1.29 is 17.9 Å². The summed E-state index contributed by atoms with van der Waals surface area (Å²) in [6.45, 7) is 4.16. The van der Waals surface area contributed by atoms with Crippen molar-refractivity contribution in [1.29, 1.82) is 0 Å². The van der Waals surface area contributed by atoms with Gasteiger partial charge in [0.05, 0.1) is 17.5 Å². The summed E-state index contributed by atoms with van der Waals surface area (Å²) in [6.07, 6.45) is 0.689. The number of hydrogen-bond donors (Lipinski definition) is 1. The number of hydrogen-bond acceptors (Lipinski definition) is 4. The number of rotatable bonds is 5. The molecule has 0 saturated carbocycles. The lowest BCUT2D eigenvalue weighted by Gasteiger charge is -2.26. The number of para-hydroxylation sites is 1. The second kappa shape index (κ2) is 7.70. The molecule has 1 N–H and O–H groups in total. The van der Waals surface area contributed by atoms with Crippen LogP contribution in [0.2, 0.25) is 0 Å². The lowest BCUT2D eigenvalue weighted by atomic mass is 10.00. The lowest BCUT2D eigenvalue weighted by molar-refractivity contribution is 0.0924. The van der Waals surface area contributed by atoms with Gasteiger partial charge in [-0.3, -0.25) is 4.79 Å². The maximum atomic E-state index is 12.6. The third-order valence-corrected chi connectivity index (χ3v) is 6.83. The summed E-state index contributed by atoms with van der Waals surface area (Å²) in [5.41, 5.74) is 1.37. The Morgan fingerprint density at radius 1 is 1.15 bits per heavy atom. The molecule has 0 fully saturated rings. The molecular formula is C20H24N2O4S. The molecule has 6 nitrogen and oxygen atoms in total. The van der Waals surface area contributed by atoms with Crippen LogP contribution in [0, 0.1) is 0 Å². The van der Waals surface area contributed by atoms with Gasteiger partial charge in [-0.15, -0.1) is 0 Å². The van der Waals surface area contributed by atoms with Crippen molar-refractivity contribution in [3.8, 4) is 5.75 Å². The fourth-order valence-electron chi connectivity index (χ4n) is 2.96. The first-order valence-corrected chi connectivity index (χ1v) is 10.4. The third kappa shape index (κ3) is 3.99. The van der Waals surface area contributed by atoms with E-state index in [0.717, 1.165) is 11.3 Å². The Hall–Kier alpha value is -2.38. The molecule has 3 rings (SSSR count). The molecule has 2 aromatic rings. The average molecular weight is 388 g/mol. The van der Waals surface area contributed by atoms with Crippen molar-refractivity contribution in [3.63, 3.8) is 0 Å². The molecule has 0 aromatic heterocycles. The molecule has 1 amide bonds. The third-order valence-electron chi connectivity index (χ3n) is 4.78. The van der Waals surface area contributed by atoms with Crippen molar-refractivity contribution in [2.24, 2.45) is 0 Å². The predicted molar refractivity (Wildman–Crippen MR) is 103 cm³/mol. The summed E-state index contributed by atoms with van der Waals surface area (Å²) < 4.78 is 32.0. The summed E-state index contributed by atoms with van der Waals surface area (Å²) in [7, 11) is -2.02. The van der Waals surface area contributed by atoms with Crippen LogP contribution in [0.1, 0.15) is 42.2 Å². The highest BCUT2D eigenvalue weighted by atomic mass is 32.2. The summed E-state index contributed by atoms with van der Waals surface area (Å²) in [6, 6.07) is 13.4. The molecule has 0 spiro atoms. The molecule has 144 valence electrons. The quantitative estimate of drug-likeness (QED) is 0.854. The minimum atomic E-state index is -3.56. The number of carbonyl (C=O) groups is 1. The molecular weight excluding hydrogens is 364 g/mol. The van der Waals surface area contributed by atoms with Crippen molar-refractivity contribution in [2.45, 2.75) is 37.2 Å². The first kappa shape index (κ1) is 19.4. The number of nitrogens with zero attached hydrogens (tertiary/aromatic N) is 1. The maximum absolute atomic E-state index is 12.6. The standard InChI is InChI=1S/C20H24N2O4S/c1-14(2)22(3)27(24,25)16-10-8-15(9-11-16)20(23)21-18-12-13-26-19-7-5-4-6-17(18)19/h4-11,14,18H,12-13H2,1-3H3,(H,21,23). The molecule has 1 atom stereocenters. The van der Waals surface area contributed by atoms with E-state index in [1.807, 2.05) is 38.1 Å². The molecule has 27 heavy (non-hydrogen) atoms. The van der Waals surface area contributed by atoms with E-state index in [-0.39, 0.29) is 22.9 Å². The van der Waals surface area contributed by atoms with Crippen LogP contribution in [0.25, 0.3) is 0 Å². The Morgan fingerprint density at radius 3 is 2.48 bits per heavy atom. The van der Waals surface area contributed by atoms with E-state index in [4.69, 9.17) is 4.74 Å². The zero-order chi connectivity index (χ0) is 19.6. The Kier molecular flexibility index (Phi) is 5.53. The van der Waals surface area contributed by atoms with Crippen LogP contribution in [-0.4, -0.2) is 38.3 Å². The normalized spacial score (nSPS) is 16.7. The van der Waals surface area contributed by atoms with Crippen LogP contribution < -0.4 is 10.1 Å². The molecule has 0 radical (unpaired) electrons. The maximum Gasteiger partial charge on any atom is 0.251 e. The van der Waals surface area contributed by atoms with Crippen molar-refractivity contribution in [2.75, 3.05) is 13.7 Å². The molecule has 2 aromatic carbocycles. The Balaban J connectivity index is 1.76. The van der Waals surface area contributed by atoms with Gasteiger partial charge in [-0.2, -0.15) is 4.31 Å². The first-order chi connectivity index (χ1) is 12.8. The van der Waals surface area contributed by atoms with Gasteiger partial charge < -0.3 is 10.1 Å².